The molecule has 1 atom stereocenters. The van der Waals surface area contributed by atoms with Crippen LogP contribution >= 0.6 is 0 Å². The number of carbonyl (C=O) groups excluding carboxylic acids is 1. The van der Waals surface area contributed by atoms with Crippen molar-refractivity contribution in [3.05, 3.63) is 95.3 Å². The van der Waals surface area contributed by atoms with Crippen molar-refractivity contribution in [3.8, 4) is 5.75 Å². The molecule has 0 bridgehead atoms. The third-order valence-corrected chi connectivity index (χ3v) is 6.15. The molecule has 8 heteroatoms. The van der Waals surface area contributed by atoms with Gasteiger partial charge in [-0.05, 0) is 55.0 Å². The number of hydrogen-bond acceptors (Lipinski definition) is 4. The molecular weight excluding hydrogens is 431 g/mol. The maximum atomic E-state index is 13.2. The topological polar surface area (TPSA) is 75.7 Å². The Balaban J connectivity index is 1.77. The SMILES string of the molecule is COc1ccccc1[C@@H](C)NC(=O)c1ccc(N(Cc2ccc(F)cc2)S(C)(=O)=O)cc1. The van der Waals surface area contributed by atoms with Gasteiger partial charge in [-0.3, -0.25) is 9.10 Å². The summed E-state index contributed by atoms with van der Waals surface area (Å²) in [5.41, 5.74) is 2.30. The Hall–Kier alpha value is -3.39. The van der Waals surface area contributed by atoms with Gasteiger partial charge in [-0.2, -0.15) is 0 Å². The van der Waals surface area contributed by atoms with Gasteiger partial charge in [0.15, 0.2) is 0 Å². The van der Waals surface area contributed by atoms with Gasteiger partial charge in [0.25, 0.3) is 5.91 Å². The van der Waals surface area contributed by atoms with Crippen molar-refractivity contribution in [2.24, 2.45) is 0 Å². The van der Waals surface area contributed by atoms with Crippen molar-refractivity contribution in [3.63, 3.8) is 0 Å². The average molecular weight is 457 g/mol. The molecule has 3 rings (SSSR count). The molecule has 3 aromatic carbocycles. The summed E-state index contributed by atoms with van der Waals surface area (Å²) in [6.45, 7) is 1.91. The Morgan fingerprint density at radius 3 is 2.25 bits per heavy atom. The fourth-order valence-corrected chi connectivity index (χ4v) is 4.20. The van der Waals surface area contributed by atoms with E-state index in [1.807, 2.05) is 31.2 Å². The van der Waals surface area contributed by atoms with E-state index in [1.165, 1.54) is 28.6 Å². The molecule has 0 saturated heterocycles. The number of nitrogens with zero attached hydrogens (tertiary/aromatic N) is 1. The predicted molar refractivity (Wildman–Crippen MR) is 123 cm³/mol. The number of methoxy groups -OCH3 is 1. The van der Waals surface area contributed by atoms with Crippen molar-refractivity contribution < 1.29 is 22.3 Å². The average Bonchev–Trinajstić information content (AvgIpc) is 2.78. The highest BCUT2D eigenvalue weighted by atomic mass is 32.2. The van der Waals surface area contributed by atoms with Gasteiger partial charge in [0.2, 0.25) is 10.0 Å². The van der Waals surface area contributed by atoms with Gasteiger partial charge >= 0.3 is 0 Å². The summed E-state index contributed by atoms with van der Waals surface area (Å²) in [6.07, 6.45) is 1.10. The first-order chi connectivity index (χ1) is 15.2. The molecule has 0 spiro atoms. The van der Waals surface area contributed by atoms with Crippen LogP contribution in [0, 0.1) is 5.82 Å². The number of para-hydroxylation sites is 1. The van der Waals surface area contributed by atoms with E-state index < -0.39 is 15.8 Å². The van der Waals surface area contributed by atoms with E-state index in [1.54, 1.807) is 31.4 Å². The molecule has 168 valence electrons. The molecule has 0 saturated carbocycles. The van der Waals surface area contributed by atoms with Crippen LogP contribution < -0.4 is 14.4 Å². The van der Waals surface area contributed by atoms with Crippen LogP contribution in [0.5, 0.6) is 5.75 Å². The monoisotopic (exact) mass is 456 g/mol. The minimum absolute atomic E-state index is 0.0511. The van der Waals surface area contributed by atoms with Gasteiger partial charge in [-0.1, -0.05) is 30.3 Å². The van der Waals surface area contributed by atoms with Crippen molar-refractivity contribution in [1.29, 1.82) is 0 Å². The lowest BCUT2D eigenvalue weighted by Gasteiger charge is -2.23. The van der Waals surface area contributed by atoms with E-state index in [0.29, 0.717) is 22.6 Å². The quantitative estimate of drug-likeness (QED) is 0.549. The van der Waals surface area contributed by atoms with E-state index in [9.17, 15) is 17.6 Å². The summed E-state index contributed by atoms with van der Waals surface area (Å²) < 4.78 is 44.4. The van der Waals surface area contributed by atoms with Crippen LogP contribution in [0.3, 0.4) is 0 Å². The van der Waals surface area contributed by atoms with Crippen molar-refractivity contribution in [1.82, 2.24) is 5.32 Å². The first-order valence-electron chi connectivity index (χ1n) is 9.95. The molecule has 1 amide bonds. The molecular formula is C24H25FN2O4S. The first kappa shape index (κ1) is 23.3. The van der Waals surface area contributed by atoms with Crippen LogP contribution in [0.4, 0.5) is 10.1 Å². The smallest absolute Gasteiger partial charge is 0.251 e. The summed E-state index contributed by atoms with van der Waals surface area (Å²) in [4.78, 5) is 12.7. The lowest BCUT2D eigenvalue weighted by molar-refractivity contribution is 0.0939. The van der Waals surface area contributed by atoms with Crippen LogP contribution in [0.1, 0.15) is 34.5 Å². The fourth-order valence-electron chi connectivity index (χ4n) is 3.32. The number of carbonyl (C=O) groups is 1. The second-order valence-electron chi connectivity index (χ2n) is 7.38. The summed E-state index contributed by atoms with van der Waals surface area (Å²) in [6, 6.07) is 19.1. The van der Waals surface area contributed by atoms with Gasteiger partial charge in [-0.25, -0.2) is 12.8 Å². The molecule has 0 aliphatic rings. The number of rotatable bonds is 8. The zero-order chi connectivity index (χ0) is 23.3. The fraction of sp³-hybridized carbons (Fsp3) is 0.208. The van der Waals surface area contributed by atoms with E-state index in [0.717, 1.165) is 11.8 Å². The number of ether oxygens (including phenoxy) is 1. The third kappa shape index (κ3) is 5.64. The number of hydrogen-bond donors (Lipinski definition) is 1. The molecule has 3 aromatic rings. The van der Waals surface area contributed by atoms with Gasteiger partial charge in [0.05, 0.1) is 31.6 Å². The Morgan fingerprint density at radius 2 is 1.66 bits per heavy atom. The maximum absolute atomic E-state index is 13.2. The number of halogens is 1. The molecule has 1 N–H and O–H groups in total. The maximum Gasteiger partial charge on any atom is 0.251 e. The zero-order valence-electron chi connectivity index (χ0n) is 18.1. The number of nitrogens with one attached hydrogen (secondary N) is 1. The van der Waals surface area contributed by atoms with Gasteiger partial charge in [-0.15, -0.1) is 0 Å². The van der Waals surface area contributed by atoms with E-state index >= 15 is 0 Å². The summed E-state index contributed by atoms with van der Waals surface area (Å²) in [7, 11) is -2.02. The first-order valence-corrected chi connectivity index (χ1v) is 11.8. The Morgan fingerprint density at radius 1 is 1.03 bits per heavy atom. The van der Waals surface area contributed by atoms with Crippen molar-refractivity contribution >= 4 is 21.6 Å². The molecule has 0 aromatic heterocycles. The highest BCUT2D eigenvalue weighted by Gasteiger charge is 2.19. The molecule has 0 unspecified atom stereocenters. The van der Waals surface area contributed by atoms with Crippen LogP contribution in [-0.2, 0) is 16.6 Å². The lowest BCUT2D eigenvalue weighted by Crippen LogP contribution is -2.29. The molecule has 32 heavy (non-hydrogen) atoms. The molecule has 0 aliphatic heterocycles. The minimum Gasteiger partial charge on any atom is -0.496 e. The Kier molecular flexibility index (Phi) is 7.15. The van der Waals surface area contributed by atoms with Crippen molar-refractivity contribution in [2.75, 3.05) is 17.7 Å². The van der Waals surface area contributed by atoms with Gasteiger partial charge < -0.3 is 10.1 Å². The largest absolute Gasteiger partial charge is 0.496 e. The number of benzene rings is 3. The van der Waals surface area contributed by atoms with Crippen LogP contribution in [0.15, 0.2) is 72.8 Å². The summed E-state index contributed by atoms with van der Waals surface area (Å²) in [5.74, 6) is -0.00277. The minimum atomic E-state index is -3.60. The molecule has 0 fully saturated rings. The normalized spacial score (nSPS) is 12.1. The molecule has 6 nitrogen and oxygen atoms in total. The molecule has 0 radical (unpaired) electrons. The van der Waals surface area contributed by atoms with E-state index in [-0.39, 0.29) is 18.5 Å². The lowest BCUT2D eigenvalue weighted by atomic mass is 10.1. The van der Waals surface area contributed by atoms with E-state index in [2.05, 4.69) is 5.32 Å². The highest BCUT2D eigenvalue weighted by Crippen LogP contribution is 2.25. The Bertz CT molecular complexity index is 1180. The van der Waals surface area contributed by atoms with Crippen molar-refractivity contribution in [2.45, 2.75) is 19.5 Å². The second kappa shape index (κ2) is 9.82. The molecule has 0 aliphatic carbocycles. The predicted octanol–water partition coefficient (Wildman–Crippen LogP) is 4.29. The Labute approximate surface area is 187 Å². The van der Waals surface area contributed by atoms with Gasteiger partial charge in [0.1, 0.15) is 11.6 Å². The van der Waals surface area contributed by atoms with Crippen LogP contribution in [0.2, 0.25) is 0 Å². The second-order valence-corrected chi connectivity index (χ2v) is 9.29. The van der Waals surface area contributed by atoms with Crippen LogP contribution in [0.25, 0.3) is 0 Å². The number of sulfonamides is 1. The standard InChI is InChI=1S/C24H25FN2O4S/c1-17(22-6-4-5-7-23(22)31-2)26-24(28)19-10-14-21(15-11-19)27(32(3,29)30)16-18-8-12-20(25)13-9-18/h4-15,17H,16H2,1-3H3,(H,26,28)/t17-/m1/s1. The van der Waals surface area contributed by atoms with Crippen LogP contribution in [-0.4, -0.2) is 27.7 Å². The summed E-state index contributed by atoms with van der Waals surface area (Å²) in [5, 5.41) is 2.92. The van der Waals surface area contributed by atoms with Gasteiger partial charge in [0, 0.05) is 11.1 Å². The number of anilines is 1. The third-order valence-electron chi connectivity index (χ3n) is 5.01. The summed E-state index contributed by atoms with van der Waals surface area (Å²) >= 11 is 0. The number of amides is 1. The highest BCUT2D eigenvalue weighted by molar-refractivity contribution is 7.92. The zero-order valence-corrected chi connectivity index (χ0v) is 18.9. The van der Waals surface area contributed by atoms with E-state index in [4.69, 9.17) is 4.74 Å². The molecule has 0 heterocycles.